The van der Waals surface area contributed by atoms with Gasteiger partial charge in [0, 0.05) is 43.4 Å². The number of hydrogen-bond donors (Lipinski definition) is 1. The number of ether oxygens (including phenoxy) is 1. The first-order chi connectivity index (χ1) is 23.1. The maximum absolute atomic E-state index is 14.4. The Morgan fingerprint density at radius 1 is 0.958 bits per heavy atom. The van der Waals surface area contributed by atoms with E-state index in [4.69, 9.17) is 4.74 Å². The lowest BCUT2D eigenvalue weighted by Crippen LogP contribution is -2.45. The van der Waals surface area contributed by atoms with Crippen LogP contribution in [0.15, 0.2) is 55.0 Å². The van der Waals surface area contributed by atoms with Gasteiger partial charge in [-0.25, -0.2) is 18.7 Å². The number of carbonyl (C=O) groups is 1. The summed E-state index contributed by atoms with van der Waals surface area (Å²) >= 11 is 0. The number of nitrogens with one attached hydrogen (secondary N) is 1. The largest absolute Gasteiger partial charge is 0.451 e. The number of halogens is 2. The van der Waals surface area contributed by atoms with E-state index in [2.05, 4.69) is 25.1 Å². The molecule has 3 fully saturated rings. The lowest BCUT2D eigenvalue weighted by molar-refractivity contribution is 0.0584. The molecule has 1 aromatic heterocycles. The fourth-order valence-corrected chi connectivity index (χ4v) is 8.14. The third-order valence-electron chi connectivity index (χ3n) is 10.7. The first kappa shape index (κ1) is 34.1. The second-order valence-corrected chi connectivity index (χ2v) is 14.7. The molecule has 2 saturated heterocycles. The van der Waals surface area contributed by atoms with Gasteiger partial charge in [-0.3, -0.25) is 4.79 Å². The molecule has 6 rings (SSSR count). The van der Waals surface area contributed by atoms with Crippen molar-refractivity contribution in [3.63, 3.8) is 0 Å². The number of benzene rings is 2. The Bertz CT molecular complexity index is 1540. The van der Waals surface area contributed by atoms with Crippen molar-refractivity contribution in [2.45, 2.75) is 90.8 Å². The van der Waals surface area contributed by atoms with Crippen LogP contribution in [0.2, 0.25) is 0 Å². The molecule has 1 atom stereocenters. The van der Waals surface area contributed by atoms with E-state index in [1.165, 1.54) is 56.3 Å². The van der Waals surface area contributed by atoms with Gasteiger partial charge in [-0.1, -0.05) is 6.07 Å². The zero-order chi connectivity index (χ0) is 33.8. The maximum atomic E-state index is 14.4. The van der Waals surface area contributed by atoms with E-state index >= 15 is 0 Å². The van der Waals surface area contributed by atoms with Gasteiger partial charge in [0.1, 0.15) is 23.7 Å². The van der Waals surface area contributed by atoms with Crippen LogP contribution in [0.5, 0.6) is 11.5 Å². The quantitative estimate of drug-likeness (QED) is 0.238. The van der Waals surface area contributed by atoms with E-state index in [9.17, 15) is 13.6 Å². The average molecular weight is 661 g/mol. The minimum Gasteiger partial charge on any atom is -0.451 e. The van der Waals surface area contributed by atoms with Crippen LogP contribution >= 0.6 is 0 Å². The van der Waals surface area contributed by atoms with Crippen LogP contribution in [0.25, 0.3) is 0 Å². The first-order valence-electron chi connectivity index (χ1n) is 17.7. The summed E-state index contributed by atoms with van der Waals surface area (Å²) in [4.78, 5) is 29.0. The van der Waals surface area contributed by atoms with Crippen molar-refractivity contribution in [1.29, 1.82) is 0 Å². The second-order valence-electron chi connectivity index (χ2n) is 14.7. The molecule has 10 heteroatoms. The molecule has 1 aliphatic carbocycles. The van der Waals surface area contributed by atoms with E-state index in [-0.39, 0.29) is 29.4 Å². The SMILES string of the molecule is CC(C)N(C(=O)c1cc(F)ccc1Oc1cncnc1N1CC[C@@H](CN2CCC3(CCC(Nc4cccc(F)c4)CC3)CC2)C1)C(C)C. The van der Waals surface area contributed by atoms with Gasteiger partial charge >= 0.3 is 0 Å². The zero-order valence-corrected chi connectivity index (χ0v) is 28.8. The third kappa shape index (κ3) is 7.91. The standard InChI is InChI=1S/C38H50F2N6O2/c1-26(2)46(27(3)4)37(47)33-21-30(40)8-9-34(33)48-35-22-41-25-42-36(35)45-17-12-28(24-45)23-44-18-15-38(16-19-44)13-10-31(11-14-38)43-32-7-5-6-29(39)20-32/h5-9,20-22,25-28,31,43H,10-19,23-24H2,1-4H3/t28-/m0/s1. The van der Waals surface area contributed by atoms with Crippen molar-refractivity contribution in [2.24, 2.45) is 11.3 Å². The molecule has 1 amide bonds. The molecule has 0 unspecified atom stereocenters. The van der Waals surface area contributed by atoms with Crippen LogP contribution in [0.3, 0.4) is 0 Å². The van der Waals surface area contributed by atoms with Gasteiger partial charge in [-0.05, 0) is 133 Å². The van der Waals surface area contributed by atoms with Crippen LogP contribution in [0.4, 0.5) is 20.3 Å². The predicted octanol–water partition coefficient (Wildman–Crippen LogP) is 7.77. The number of aromatic nitrogens is 2. The average Bonchev–Trinajstić information content (AvgIpc) is 3.52. The maximum Gasteiger partial charge on any atom is 0.258 e. The van der Waals surface area contributed by atoms with Gasteiger partial charge in [0.05, 0.1) is 11.8 Å². The number of likely N-dealkylation sites (tertiary alicyclic amines) is 1. The highest BCUT2D eigenvalue weighted by atomic mass is 19.1. The Hall–Kier alpha value is -3.79. The van der Waals surface area contributed by atoms with Gasteiger partial charge < -0.3 is 24.8 Å². The first-order valence-corrected chi connectivity index (χ1v) is 17.7. The molecule has 1 N–H and O–H groups in total. The summed E-state index contributed by atoms with van der Waals surface area (Å²) < 4.78 is 34.3. The van der Waals surface area contributed by atoms with Gasteiger partial charge in [-0.15, -0.1) is 0 Å². The summed E-state index contributed by atoms with van der Waals surface area (Å²) in [6, 6.07) is 11.2. The summed E-state index contributed by atoms with van der Waals surface area (Å²) in [5.41, 5.74) is 1.51. The lowest BCUT2D eigenvalue weighted by Gasteiger charge is -2.46. The van der Waals surface area contributed by atoms with Crippen molar-refractivity contribution in [1.82, 2.24) is 19.8 Å². The molecule has 3 aromatic rings. The van der Waals surface area contributed by atoms with Crippen molar-refractivity contribution >= 4 is 17.4 Å². The van der Waals surface area contributed by atoms with Crippen LogP contribution in [-0.2, 0) is 0 Å². The lowest BCUT2D eigenvalue weighted by atomic mass is 9.67. The number of nitrogens with zero attached hydrogens (tertiary/aromatic N) is 5. The number of rotatable bonds is 10. The van der Waals surface area contributed by atoms with Gasteiger partial charge in [0.25, 0.3) is 5.91 Å². The fraction of sp³-hybridized carbons (Fsp3) is 0.553. The number of anilines is 2. The van der Waals surface area contributed by atoms with Gasteiger partial charge in [0.15, 0.2) is 11.6 Å². The highest BCUT2D eigenvalue weighted by Crippen LogP contribution is 2.45. The molecule has 258 valence electrons. The zero-order valence-electron chi connectivity index (χ0n) is 28.8. The Morgan fingerprint density at radius 3 is 2.40 bits per heavy atom. The third-order valence-corrected chi connectivity index (χ3v) is 10.7. The summed E-state index contributed by atoms with van der Waals surface area (Å²) in [5.74, 6) is 1.01. The molecule has 8 nitrogen and oxygen atoms in total. The highest BCUT2D eigenvalue weighted by Gasteiger charge is 2.39. The summed E-state index contributed by atoms with van der Waals surface area (Å²) in [7, 11) is 0. The molecule has 3 aliphatic rings. The van der Waals surface area contributed by atoms with Crippen molar-refractivity contribution < 1.29 is 18.3 Å². The number of hydrogen-bond acceptors (Lipinski definition) is 7. The Labute approximate surface area is 283 Å². The normalized spacial score (nSPS) is 20.1. The predicted molar refractivity (Wildman–Crippen MR) is 186 cm³/mol. The fourth-order valence-electron chi connectivity index (χ4n) is 8.14. The highest BCUT2D eigenvalue weighted by molar-refractivity contribution is 5.97. The molecular weight excluding hydrogens is 610 g/mol. The number of amides is 1. The molecule has 1 saturated carbocycles. The Balaban J connectivity index is 1.03. The number of piperidine rings is 1. The molecule has 0 bridgehead atoms. The molecule has 2 aliphatic heterocycles. The molecular formula is C38H50F2N6O2. The summed E-state index contributed by atoms with van der Waals surface area (Å²) in [5, 5.41) is 3.55. The van der Waals surface area contributed by atoms with Gasteiger partial charge in [-0.2, -0.15) is 0 Å². The van der Waals surface area contributed by atoms with E-state index in [1.54, 1.807) is 23.2 Å². The van der Waals surface area contributed by atoms with E-state index < -0.39 is 5.82 Å². The minimum atomic E-state index is -0.487. The van der Waals surface area contributed by atoms with Gasteiger partial charge in [0.2, 0.25) is 0 Å². The molecule has 48 heavy (non-hydrogen) atoms. The topological polar surface area (TPSA) is 73.8 Å². The van der Waals surface area contributed by atoms with Crippen LogP contribution in [0, 0.1) is 23.0 Å². The second kappa shape index (κ2) is 14.8. The van der Waals surface area contributed by atoms with E-state index in [0.717, 1.165) is 57.7 Å². The summed E-state index contributed by atoms with van der Waals surface area (Å²) in [6.07, 6.45) is 11.4. The van der Waals surface area contributed by atoms with Crippen LogP contribution in [0.1, 0.15) is 83.0 Å². The van der Waals surface area contributed by atoms with E-state index in [0.29, 0.717) is 34.7 Å². The van der Waals surface area contributed by atoms with Crippen molar-refractivity contribution in [3.05, 3.63) is 72.2 Å². The van der Waals surface area contributed by atoms with Crippen molar-refractivity contribution in [2.75, 3.05) is 42.9 Å². The van der Waals surface area contributed by atoms with Crippen LogP contribution < -0.4 is 15.0 Å². The monoisotopic (exact) mass is 660 g/mol. The molecule has 3 heterocycles. The number of carbonyl (C=O) groups excluding carboxylic acids is 1. The molecule has 0 radical (unpaired) electrons. The van der Waals surface area contributed by atoms with Crippen molar-refractivity contribution in [3.8, 4) is 11.5 Å². The smallest absolute Gasteiger partial charge is 0.258 e. The Kier molecular flexibility index (Phi) is 10.5. The van der Waals surface area contributed by atoms with E-state index in [1.807, 2.05) is 33.8 Å². The minimum absolute atomic E-state index is 0.0540. The summed E-state index contributed by atoms with van der Waals surface area (Å²) in [6.45, 7) is 12.9. The molecule has 1 spiro atoms. The Morgan fingerprint density at radius 2 is 1.69 bits per heavy atom. The van der Waals surface area contributed by atoms with Crippen LogP contribution in [-0.4, -0.2) is 76.5 Å². The molecule has 2 aromatic carbocycles.